The standard InChI is InChI=1S/C20H21FN4O5/c1-3-23-10(2)24-9-13(26)15-14(17(27)18(28)16(20(23)30)25(15)24)19(29)22-8-11-4-6-12(21)7-5-11/h4-7,10,13,26,28H,3,8-9H2,1-2H3,(H,22,29). The second kappa shape index (κ2) is 7.13. The number of carbonyl (C=O) groups is 2. The maximum Gasteiger partial charge on any atom is 0.278 e. The molecule has 4 rings (SSSR count). The van der Waals surface area contributed by atoms with Crippen LogP contribution in [-0.4, -0.2) is 50.9 Å². The van der Waals surface area contributed by atoms with E-state index in [1.165, 1.54) is 33.8 Å². The van der Waals surface area contributed by atoms with Gasteiger partial charge in [-0.2, -0.15) is 0 Å². The molecular formula is C20H21FN4O5. The van der Waals surface area contributed by atoms with Gasteiger partial charge < -0.3 is 20.4 Å². The van der Waals surface area contributed by atoms with Crippen molar-refractivity contribution in [3.05, 3.63) is 62.8 Å². The van der Waals surface area contributed by atoms with Gasteiger partial charge in [0, 0.05) is 13.1 Å². The summed E-state index contributed by atoms with van der Waals surface area (Å²) in [6.45, 7) is 3.94. The molecule has 0 saturated carbocycles. The minimum atomic E-state index is -1.20. The molecule has 2 amide bonds. The SMILES string of the molecule is CCN1C(=O)c2c(O)c(=O)c(C(=O)NCc3ccc(F)cc3)c3n2N(CC3O)C1C. The Morgan fingerprint density at radius 1 is 1.27 bits per heavy atom. The Kier molecular flexibility index (Phi) is 4.73. The highest BCUT2D eigenvalue weighted by Gasteiger charge is 2.46. The van der Waals surface area contributed by atoms with Gasteiger partial charge >= 0.3 is 0 Å². The third-order valence-corrected chi connectivity index (χ3v) is 5.57. The molecule has 30 heavy (non-hydrogen) atoms. The summed E-state index contributed by atoms with van der Waals surface area (Å²) in [6, 6.07) is 5.47. The lowest BCUT2D eigenvalue weighted by atomic mass is 10.1. The Bertz CT molecular complexity index is 1100. The molecule has 2 aliphatic rings. The van der Waals surface area contributed by atoms with Crippen molar-refractivity contribution in [2.24, 2.45) is 0 Å². The summed E-state index contributed by atoms with van der Waals surface area (Å²) < 4.78 is 14.3. The van der Waals surface area contributed by atoms with Gasteiger partial charge in [0.25, 0.3) is 11.8 Å². The number of aliphatic hydroxyl groups is 1. The van der Waals surface area contributed by atoms with Gasteiger partial charge in [-0.3, -0.25) is 19.4 Å². The third kappa shape index (κ3) is 2.83. The first kappa shape index (κ1) is 19.9. The molecule has 3 heterocycles. The van der Waals surface area contributed by atoms with Crippen molar-refractivity contribution in [2.75, 3.05) is 18.1 Å². The predicted molar refractivity (Wildman–Crippen MR) is 104 cm³/mol. The van der Waals surface area contributed by atoms with Gasteiger partial charge in [0.2, 0.25) is 5.43 Å². The van der Waals surface area contributed by atoms with E-state index < -0.39 is 46.6 Å². The van der Waals surface area contributed by atoms with Crippen LogP contribution in [0.1, 0.15) is 52.1 Å². The molecule has 9 nitrogen and oxygen atoms in total. The first-order valence-electron chi connectivity index (χ1n) is 9.56. The zero-order valence-electron chi connectivity index (χ0n) is 16.4. The van der Waals surface area contributed by atoms with Crippen LogP contribution in [0, 0.1) is 5.82 Å². The Balaban J connectivity index is 1.78. The smallest absolute Gasteiger partial charge is 0.278 e. The summed E-state index contributed by atoms with van der Waals surface area (Å²) in [5, 5.41) is 25.3. The van der Waals surface area contributed by atoms with E-state index in [9.17, 15) is 29.0 Å². The van der Waals surface area contributed by atoms with Crippen LogP contribution in [0.3, 0.4) is 0 Å². The lowest BCUT2D eigenvalue weighted by molar-refractivity contribution is 0.0607. The van der Waals surface area contributed by atoms with Crippen LogP contribution in [0.15, 0.2) is 29.1 Å². The van der Waals surface area contributed by atoms with Crippen molar-refractivity contribution < 1.29 is 24.2 Å². The monoisotopic (exact) mass is 416 g/mol. The van der Waals surface area contributed by atoms with Gasteiger partial charge in [-0.05, 0) is 31.5 Å². The number of pyridine rings is 1. The minimum absolute atomic E-state index is 0.0132. The molecule has 2 atom stereocenters. The number of amides is 2. The fourth-order valence-electron chi connectivity index (χ4n) is 4.07. The predicted octanol–water partition coefficient (Wildman–Crippen LogP) is 0.430. The van der Waals surface area contributed by atoms with E-state index in [-0.39, 0.29) is 24.5 Å². The lowest BCUT2D eigenvalue weighted by Crippen LogP contribution is -2.59. The summed E-state index contributed by atoms with van der Waals surface area (Å²) >= 11 is 0. The Labute approximate surface area is 170 Å². The van der Waals surface area contributed by atoms with E-state index >= 15 is 0 Å². The largest absolute Gasteiger partial charge is 0.502 e. The molecule has 2 aliphatic heterocycles. The number of hydrogen-bond donors (Lipinski definition) is 3. The van der Waals surface area contributed by atoms with E-state index in [0.717, 1.165) is 0 Å². The topological polar surface area (TPSA) is 115 Å². The van der Waals surface area contributed by atoms with Crippen molar-refractivity contribution in [3.8, 4) is 5.75 Å². The number of aromatic hydroxyl groups is 1. The van der Waals surface area contributed by atoms with Crippen LogP contribution >= 0.6 is 0 Å². The van der Waals surface area contributed by atoms with Gasteiger partial charge in [-0.15, -0.1) is 0 Å². The van der Waals surface area contributed by atoms with Gasteiger partial charge in [0.15, 0.2) is 11.4 Å². The molecule has 158 valence electrons. The van der Waals surface area contributed by atoms with Crippen molar-refractivity contribution in [1.82, 2.24) is 14.9 Å². The van der Waals surface area contributed by atoms with E-state index in [2.05, 4.69) is 5.32 Å². The van der Waals surface area contributed by atoms with E-state index in [4.69, 9.17) is 0 Å². The molecule has 0 aliphatic carbocycles. The normalized spacial score (nSPS) is 19.8. The number of carbonyl (C=O) groups excluding carboxylic acids is 2. The molecule has 1 aromatic carbocycles. The molecule has 2 unspecified atom stereocenters. The average molecular weight is 416 g/mol. The van der Waals surface area contributed by atoms with Gasteiger partial charge in [-0.1, -0.05) is 12.1 Å². The van der Waals surface area contributed by atoms with Crippen molar-refractivity contribution in [2.45, 2.75) is 32.7 Å². The number of hydrogen-bond acceptors (Lipinski definition) is 6. The second-order valence-electron chi connectivity index (χ2n) is 7.27. The number of halogens is 1. The first-order valence-corrected chi connectivity index (χ1v) is 9.56. The van der Waals surface area contributed by atoms with Crippen molar-refractivity contribution in [3.63, 3.8) is 0 Å². The molecule has 2 aromatic rings. The summed E-state index contributed by atoms with van der Waals surface area (Å²) in [7, 11) is 0. The molecule has 0 spiro atoms. The number of nitrogens with one attached hydrogen (secondary N) is 1. The quantitative estimate of drug-likeness (QED) is 0.666. The van der Waals surface area contributed by atoms with Crippen LogP contribution in [0.2, 0.25) is 0 Å². The zero-order valence-corrected chi connectivity index (χ0v) is 16.4. The highest BCUT2D eigenvalue weighted by atomic mass is 19.1. The number of rotatable bonds is 4. The zero-order chi connectivity index (χ0) is 21.7. The molecule has 0 radical (unpaired) electrons. The van der Waals surface area contributed by atoms with Crippen molar-refractivity contribution in [1.29, 1.82) is 0 Å². The molecule has 0 fully saturated rings. The Hall–Kier alpha value is -3.40. The molecule has 3 N–H and O–H groups in total. The Morgan fingerprint density at radius 2 is 1.93 bits per heavy atom. The summed E-state index contributed by atoms with van der Waals surface area (Å²) in [4.78, 5) is 40.0. The van der Waals surface area contributed by atoms with Crippen molar-refractivity contribution >= 4 is 11.8 Å². The second-order valence-corrected chi connectivity index (χ2v) is 7.27. The summed E-state index contributed by atoms with van der Waals surface area (Å²) in [5.74, 6) is -2.60. The first-order chi connectivity index (χ1) is 14.3. The molecular weight excluding hydrogens is 395 g/mol. The van der Waals surface area contributed by atoms with Crippen LogP contribution in [0.5, 0.6) is 5.75 Å². The van der Waals surface area contributed by atoms with E-state index in [1.807, 2.05) is 0 Å². The summed E-state index contributed by atoms with van der Waals surface area (Å²) in [5.41, 5.74) is -1.12. The van der Waals surface area contributed by atoms with Crippen LogP contribution in [0.25, 0.3) is 0 Å². The van der Waals surface area contributed by atoms with Crippen LogP contribution in [-0.2, 0) is 6.54 Å². The number of aromatic nitrogens is 1. The van der Waals surface area contributed by atoms with E-state index in [0.29, 0.717) is 12.1 Å². The third-order valence-electron chi connectivity index (χ3n) is 5.57. The molecule has 0 saturated heterocycles. The van der Waals surface area contributed by atoms with Gasteiger partial charge in [-0.25, -0.2) is 9.07 Å². The fraction of sp³-hybridized carbons (Fsp3) is 0.350. The number of nitrogens with zero attached hydrogens (tertiary/aromatic N) is 3. The lowest BCUT2D eigenvalue weighted by Gasteiger charge is -2.42. The average Bonchev–Trinajstić information content (AvgIpc) is 3.05. The molecule has 10 heteroatoms. The maximum atomic E-state index is 13.0. The number of aliphatic hydroxyl groups excluding tert-OH is 1. The summed E-state index contributed by atoms with van der Waals surface area (Å²) in [6.07, 6.45) is -1.64. The fourth-order valence-corrected chi connectivity index (χ4v) is 4.07. The highest BCUT2D eigenvalue weighted by molar-refractivity contribution is 6.00. The van der Waals surface area contributed by atoms with Gasteiger partial charge in [0.1, 0.15) is 23.7 Å². The highest BCUT2D eigenvalue weighted by Crippen LogP contribution is 2.35. The van der Waals surface area contributed by atoms with E-state index in [1.54, 1.807) is 18.9 Å². The maximum absolute atomic E-state index is 13.0. The van der Waals surface area contributed by atoms with Gasteiger partial charge in [0.05, 0.1) is 12.2 Å². The minimum Gasteiger partial charge on any atom is -0.502 e. The van der Waals surface area contributed by atoms with Crippen LogP contribution < -0.4 is 15.8 Å². The molecule has 1 aromatic heterocycles. The van der Waals surface area contributed by atoms with Crippen LogP contribution in [0.4, 0.5) is 4.39 Å². The molecule has 0 bridgehead atoms. The number of benzene rings is 1. The Morgan fingerprint density at radius 3 is 2.57 bits per heavy atom.